The molecule has 0 saturated heterocycles. The summed E-state index contributed by atoms with van der Waals surface area (Å²) < 4.78 is 0. The maximum Gasteiger partial charge on any atom is 0.174 e. The maximum atomic E-state index is 11.8. The summed E-state index contributed by atoms with van der Waals surface area (Å²) in [5.41, 5.74) is 0.519. The van der Waals surface area contributed by atoms with Crippen LogP contribution in [0.5, 0.6) is 0 Å². The Kier molecular flexibility index (Phi) is 5.67. The van der Waals surface area contributed by atoms with Crippen molar-refractivity contribution in [3.63, 3.8) is 0 Å². The van der Waals surface area contributed by atoms with E-state index in [1.54, 1.807) is 30.0 Å². The van der Waals surface area contributed by atoms with E-state index in [1.165, 1.54) is 0 Å². The minimum absolute atomic E-state index is 0.0400. The number of thioether (sulfide) groups is 1. The van der Waals surface area contributed by atoms with Crippen LogP contribution in [0.15, 0.2) is 18.2 Å². The molecule has 0 aliphatic heterocycles. The van der Waals surface area contributed by atoms with E-state index in [9.17, 15) is 4.79 Å². The molecule has 1 aromatic rings. The van der Waals surface area contributed by atoms with Gasteiger partial charge in [0.2, 0.25) is 0 Å². The third-order valence-electron chi connectivity index (χ3n) is 1.94. The van der Waals surface area contributed by atoms with E-state index in [4.69, 9.17) is 23.2 Å². The van der Waals surface area contributed by atoms with Crippen molar-refractivity contribution in [2.45, 2.75) is 13.8 Å². The topological polar surface area (TPSA) is 17.1 Å². The summed E-state index contributed by atoms with van der Waals surface area (Å²) in [7, 11) is 0. The number of carbonyl (C=O) groups excluding carboxylic acids is 1. The highest BCUT2D eigenvalue weighted by atomic mass is 35.5. The molecule has 0 bridgehead atoms. The van der Waals surface area contributed by atoms with Crippen LogP contribution in [0.25, 0.3) is 0 Å². The van der Waals surface area contributed by atoms with Gasteiger partial charge in [-0.2, -0.15) is 11.8 Å². The molecule has 0 spiro atoms. The lowest BCUT2D eigenvalue weighted by molar-refractivity contribution is 0.102. The molecule has 0 aromatic heterocycles. The first-order valence-corrected chi connectivity index (χ1v) is 6.98. The van der Waals surface area contributed by atoms with Crippen LogP contribution in [0.4, 0.5) is 0 Å². The SMILES string of the molecule is CC(C)CSCC(=O)c1cccc(Cl)c1Cl. The van der Waals surface area contributed by atoms with Gasteiger partial charge in [-0.25, -0.2) is 0 Å². The van der Waals surface area contributed by atoms with Crippen molar-refractivity contribution < 1.29 is 4.79 Å². The van der Waals surface area contributed by atoms with E-state index in [2.05, 4.69) is 13.8 Å². The molecule has 1 rings (SSSR count). The normalized spacial score (nSPS) is 10.8. The van der Waals surface area contributed by atoms with Crippen molar-refractivity contribution in [2.75, 3.05) is 11.5 Å². The minimum Gasteiger partial charge on any atom is -0.293 e. The predicted molar refractivity (Wildman–Crippen MR) is 73.0 cm³/mol. The van der Waals surface area contributed by atoms with Gasteiger partial charge in [0, 0.05) is 5.56 Å². The molecule has 0 saturated carbocycles. The molecule has 16 heavy (non-hydrogen) atoms. The zero-order chi connectivity index (χ0) is 12.1. The van der Waals surface area contributed by atoms with Crippen molar-refractivity contribution in [3.05, 3.63) is 33.8 Å². The van der Waals surface area contributed by atoms with E-state index < -0.39 is 0 Å². The first kappa shape index (κ1) is 13.9. The predicted octanol–water partition coefficient (Wildman–Crippen LogP) is 4.57. The highest BCUT2D eigenvalue weighted by molar-refractivity contribution is 7.99. The molecule has 0 atom stereocenters. The standard InChI is InChI=1S/C12H14Cl2OS/c1-8(2)6-16-7-11(15)9-4-3-5-10(13)12(9)14/h3-5,8H,6-7H2,1-2H3. The summed E-state index contributed by atoms with van der Waals surface area (Å²) in [4.78, 5) is 11.8. The van der Waals surface area contributed by atoms with Gasteiger partial charge in [-0.3, -0.25) is 4.79 Å². The molecule has 0 amide bonds. The first-order valence-electron chi connectivity index (χ1n) is 5.07. The number of halogens is 2. The number of hydrogen-bond acceptors (Lipinski definition) is 2. The summed E-state index contributed by atoms with van der Waals surface area (Å²) in [5, 5.41) is 0.792. The second-order valence-electron chi connectivity index (χ2n) is 3.93. The van der Waals surface area contributed by atoms with Gasteiger partial charge in [-0.1, -0.05) is 43.1 Å². The van der Waals surface area contributed by atoms with Crippen molar-refractivity contribution in [1.82, 2.24) is 0 Å². The highest BCUT2D eigenvalue weighted by Crippen LogP contribution is 2.26. The van der Waals surface area contributed by atoms with Gasteiger partial charge < -0.3 is 0 Å². The third-order valence-corrected chi connectivity index (χ3v) is 4.12. The third kappa shape index (κ3) is 4.00. The lowest BCUT2D eigenvalue weighted by atomic mass is 10.1. The van der Waals surface area contributed by atoms with Crippen molar-refractivity contribution in [1.29, 1.82) is 0 Å². The maximum absolute atomic E-state index is 11.8. The molecule has 0 aliphatic rings. The Balaban J connectivity index is 2.63. The number of carbonyl (C=O) groups is 1. The molecule has 0 heterocycles. The van der Waals surface area contributed by atoms with Crippen molar-refractivity contribution >= 4 is 40.7 Å². The summed E-state index contributed by atoms with van der Waals surface area (Å²) in [6.07, 6.45) is 0. The minimum atomic E-state index is 0.0400. The van der Waals surface area contributed by atoms with Crippen molar-refractivity contribution in [3.8, 4) is 0 Å². The Morgan fingerprint density at radius 2 is 2.06 bits per heavy atom. The van der Waals surface area contributed by atoms with Crippen molar-refractivity contribution in [2.24, 2.45) is 5.92 Å². The molecule has 0 unspecified atom stereocenters. The molecule has 1 nitrogen and oxygen atoms in total. The van der Waals surface area contributed by atoms with Crippen LogP contribution in [0.2, 0.25) is 10.0 Å². The highest BCUT2D eigenvalue weighted by Gasteiger charge is 2.12. The van der Waals surface area contributed by atoms with Crippen LogP contribution in [0.1, 0.15) is 24.2 Å². The fraction of sp³-hybridized carbons (Fsp3) is 0.417. The molecular formula is C12H14Cl2OS. The Labute approximate surface area is 111 Å². The number of benzene rings is 1. The van der Waals surface area contributed by atoms with Crippen LogP contribution in [-0.4, -0.2) is 17.3 Å². The lowest BCUT2D eigenvalue weighted by Crippen LogP contribution is -2.05. The van der Waals surface area contributed by atoms with Crippen LogP contribution in [0.3, 0.4) is 0 Å². The Morgan fingerprint density at radius 1 is 1.38 bits per heavy atom. The molecule has 1 aromatic carbocycles. The van der Waals surface area contributed by atoms with E-state index >= 15 is 0 Å². The van der Waals surface area contributed by atoms with Crippen LogP contribution in [0, 0.1) is 5.92 Å². The molecule has 0 fully saturated rings. The lowest BCUT2D eigenvalue weighted by Gasteiger charge is -2.06. The van der Waals surface area contributed by atoms with Gasteiger partial charge in [0.05, 0.1) is 15.8 Å². The van der Waals surface area contributed by atoms with Crippen LogP contribution >= 0.6 is 35.0 Å². The van der Waals surface area contributed by atoms with Crippen LogP contribution < -0.4 is 0 Å². The van der Waals surface area contributed by atoms with Crippen LogP contribution in [-0.2, 0) is 0 Å². The smallest absolute Gasteiger partial charge is 0.174 e. The van der Waals surface area contributed by atoms with Gasteiger partial charge in [0.1, 0.15) is 0 Å². The van der Waals surface area contributed by atoms with Gasteiger partial charge in [0.25, 0.3) is 0 Å². The summed E-state index contributed by atoms with van der Waals surface area (Å²) >= 11 is 13.4. The zero-order valence-corrected chi connectivity index (χ0v) is 11.6. The van der Waals surface area contributed by atoms with Gasteiger partial charge >= 0.3 is 0 Å². The van der Waals surface area contributed by atoms with Gasteiger partial charge in [0.15, 0.2) is 5.78 Å². The average Bonchev–Trinajstić information content (AvgIpc) is 2.21. The average molecular weight is 277 g/mol. The molecule has 0 radical (unpaired) electrons. The molecular weight excluding hydrogens is 263 g/mol. The monoisotopic (exact) mass is 276 g/mol. The van der Waals surface area contributed by atoms with E-state index in [-0.39, 0.29) is 5.78 Å². The fourth-order valence-corrected chi connectivity index (χ4v) is 2.52. The number of rotatable bonds is 5. The second kappa shape index (κ2) is 6.53. The quantitative estimate of drug-likeness (QED) is 0.733. The Morgan fingerprint density at radius 3 is 2.69 bits per heavy atom. The number of Topliss-reactive ketones (excluding diaryl/α,β-unsaturated/α-hetero) is 1. The molecule has 0 aliphatic carbocycles. The van der Waals surface area contributed by atoms with E-state index in [1.807, 2.05) is 0 Å². The number of hydrogen-bond donors (Lipinski definition) is 0. The molecule has 88 valence electrons. The number of ketones is 1. The van der Waals surface area contributed by atoms with Gasteiger partial charge in [-0.05, 0) is 23.8 Å². The first-order chi connectivity index (χ1) is 7.52. The largest absolute Gasteiger partial charge is 0.293 e. The van der Waals surface area contributed by atoms with E-state index in [0.717, 1.165) is 5.75 Å². The fourth-order valence-electron chi connectivity index (χ4n) is 1.18. The summed E-state index contributed by atoms with van der Waals surface area (Å²) in [5.74, 6) is 2.06. The summed E-state index contributed by atoms with van der Waals surface area (Å²) in [6, 6.07) is 5.14. The van der Waals surface area contributed by atoms with Gasteiger partial charge in [-0.15, -0.1) is 0 Å². The van der Waals surface area contributed by atoms with E-state index in [0.29, 0.717) is 27.3 Å². The molecule has 4 heteroatoms. The summed E-state index contributed by atoms with van der Waals surface area (Å²) in [6.45, 7) is 4.26. The second-order valence-corrected chi connectivity index (χ2v) is 5.75. The Hall–Kier alpha value is -0.180. The Bertz CT molecular complexity index is 377. The zero-order valence-electron chi connectivity index (χ0n) is 9.30. The molecule has 0 N–H and O–H groups in total.